The average molecular weight is 335 g/mol. The standard InChI is InChI=1S/C19H21N5O/c1-23(18-8-7-15(11-20)12-21-18)14-19(25)24-10-9-17(13-24)22-16-5-3-2-4-6-16/h2-8,12,17,22H,9-10,13-14H2,1H3/t17-/m0/s1. The molecule has 0 unspecified atom stereocenters. The number of rotatable bonds is 5. The molecule has 6 heteroatoms. The van der Waals surface area contributed by atoms with Gasteiger partial charge in [-0.1, -0.05) is 18.2 Å². The quantitative estimate of drug-likeness (QED) is 0.906. The van der Waals surface area contributed by atoms with E-state index in [-0.39, 0.29) is 18.5 Å². The maximum atomic E-state index is 12.5. The van der Waals surface area contributed by atoms with Crippen molar-refractivity contribution in [3.05, 3.63) is 54.2 Å². The van der Waals surface area contributed by atoms with E-state index in [0.717, 1.165) is 18.7 Å². The van der Waals surface area contributed by atoms with Crippen LogP contribution in [0.15, 0.2) is 48.7 Å². The maximum Gasteiger partial charge on any atom is 0.242 e. The zero-order valence-electron chi connectivity index (χ0n) is 14.2. The number of amides is 1. The molecule has 0 aliphatic carbocycles. The number of para-hydroxylation sites is 1. The molecule has 1 aromatic carbocycles. The van der Waals surface area contributed by atoms with Crippen molar-refractivity contribution in [3.8, 4) is 6.07 Å². The summed E-state index contributed by atoms with van der Waals surface area (Å²) in [7, 11) is 1.84. The number of anilines is 2. The van der Waals surface area contributed by atoms with Crippen LogP contribution in [0.5, 0.6) is 0 Å². The Morgan fingerprint density at radius 2 is 2.16 bits per heavy atom. The number of nitrogens with zero attached hydrogens (tertiary/aromatic N) is 4. The van der Waals surface area contributed by atoms with Gasteiger partial charge in [0.15, 0.2) is 0 Å². The Balaban J connectivity index is 1.52. The molecular weight excluding hydrogens is 314 g/mol. The Bertz CT molecular complexity index is 754. The number of pyridine rings is 1. The number of hydrogen-bond acceptors (Lipinski definition) is 5. The van der Waals surface area contributed by atoms with Gasteiger partial charge in [0.05, 0.1) is 12.1 Å². The lowest BCUT2D eigenvalue weighted by Gasteiger charge is -2.22. The predicted octanol–water partition coefficient (Wildman–Crippen LogP) is 2.10. The number of likely N-dealkylation sites (tertiary alicyclic amines) is 1. The summed E-state index contributed by atoms with van der Waals surface area (Å²) < 4.78 is 0. The fourth-order valence-electron chi connectivity index (χ4n) is 2.94. The smallest absolute Gasteiger partial charge is 0.242 e. The minimum absolute atomic E-state index is 0.0889. The molecule has 2 aromatic rings. The molecule has 1 aliphatic heterocycles. The van der Waals surface area contributed by atoms with E-state index in [4.69, 9.17) is 5.26 Å². The number of hydrogen-bond donors (Lipinski definition) is 1. The van der Waals surface area contributed by atoms with Crippen LogP contribution in [0.2, 0.25) is 0 Å². The molecule has 0 saturated carbocycles. The Kier molecular flexibility index (Phi) is 5.14. The van der Waals surface area contributed by atoms with Crippen molar-refractivity contribution in [2.45, 2.75) is 12.5 Å². The Morgan fingerprint density at radius 1 is 1.36 bits per heavy atom. The number of nitrogens with one attached hydrogen (secondary N) is 1. The molecule has 1 N–H and O–H groups in total. The lowest BCUT2D eigenvalue weighted by molar-refractivity contribution is -0.128. The Hall–Kier alpha value is -3.07. The minimum atomic E-state index is 0.0889. The van der Waals surface area contributed by atoms with Gasteiger partial charge >= 0.3 is 0 Å². The number of nitriles is 1. The largest absolute Gasteiger partial charge is 0.380 e. The third kappa shape index (κ3) is 4.27. The highest BCUT2D eigenvalue weighted by molar-refractivity contribution is 5.81. The van der Waals surface area contributed by atoms with E-state index in [1.807, 2.05) is 48.3 Å². The van der Waals surface area contributed by atoms with Crippen molar-refractivity contribution >= 4 is 17.4 Å². The van der Waals surface area contributed by atoms with Crippen LogP contribution in [0.3, 0.4) is 0 Å². The van der Waals surface area contributed by atoms with Gasteiger partial charge in [0.1, 0.15) is 11.9 Å². The number of likely N-dealkylation sites (N-methyl/N-ethyl adjacent to an activating group) is 1. The summed E-state index contributed by atoms with van der Waals surface area (Å²) in [5.41, 5.74) is 1.60. The van der Waals surface area contributed by atoms with Crippen LogP contribution in [0.25, 0.3) is 0 Å². The van der Waals surface area contributed by atoms with Crippen molar-refractivity contribution in [2.75, 3.05) is 36.9 Å². The first-order chi connectivity index (χ1) is 12.2. The van der Waals surface area contributed by atoms with E-state index < -0.39 is 0 Å². The van der Waals surface area contributed by atoms with Crippen LogP contribution in [-0.4, -0.2) is 48.5 Å². The highest BCUT2D eigenvalue weighted by atomic mass is 16.2. The zero-order valence-corrected chi connectivity index (χ0v) is 14.2. The molecular formula is C19H21N5O. The SMILES string of the molecule is CN(CC(=O)N1CC[C@H](Nc2ccccc2)C1)c1ccc(C#N)cn1. The number of benzene rings is 1. The van der Waals surface area contributed by atoms with E-state index in [9.17, 15) is 4.79 Å². The summed E-state index contributed by atoms with van der Waals surface area (Å²) in [4.78, 5) is 20.4. The summed E-state index contributed by atoms with van der Waals surface area (Å²) in [6, 6.07) is 15.9. The molecule has 1 saturated heterocycles. The first kappa shape index (κ1) is 16.8. The van der Waals surface area contributed by atoms with Crippen LogP contribution >= 0.6 is 0 Å². The fraction of sp³-hybridized carbons (Fsp3) is 0.316. The minimum Gasteiger partial charge on any atom is -0.380 e. The van der Waals surface area contributed by atoms with E-state index in [1.54, 1.807) is 17.0 Å². The number of aromatic nitrogens is 1. The number of carbonyl (C=O) groups is 1. The zero-order chi connectivity index (χ0) is 17.6. The molecule has 128 valence electrons. The molecule has 2 heterocycles. The topological polar surface area (TPSA) is 72.3 Å². The molecule has 1 aromatic heterocycles. The van der Waals surface area contributed by atoms with E-state index in [1.165, 1.54) is 6.20 Å². The van der Waals surface area contributed by atoms with Crippen LogP contribution in [0.1, 0.15) is 12.0 Å². The van der Waals surface area contributed by atoms with Crippen LogP contribution in [0, 0.1) is 11.3 Å². The van der Waals surface area contributed by atoms with Crippen molar-refractivity contribution in [2.24, 2.45) is 0 Å². The normalized spacial score (nSPS) is 16.3. The van der Waals surface area contributed by atoms with Crippen LogP contribution in [0.4, 0.5) is 11.5 Å². The molecule has 3 rings (SSSR count). The van der Waals surface area contributed by atoms with Gasteiger partial charge in [-0.2, -0.15) is 5.26 Å². The second kappa shape index (κ2) is 7.67. The molecule has 0 bridgehead atoms. The van der Waals surface area contributed by atoms with Gasteiger partial charge in [0.25, 0.3) is 0 Å². The Morgan fingerprint density at radius 3 is 2.84 bits per heavy atom. The summed E-state index contributed by atoms with van der Waals surface area (Å²) in [5, 5.41) is 12.3. The van der Waals surface area contributed by atoms with Gasteiger partial charge in [-0.3, -0.25) is 4.79 Å². The third-order valence-corrected chi connectivity index (χ3v) is 4.33. The summed E-state index contributed by atoms with van der Waals surface area (Å²) in [5.74, 6) is 0.775. The maximum absolute atomic E-state index is 12.5. The molecule has 1 amide bonds. The third-order valence-electron chi connectivity index (χ3n) is 4.33. The monoisotopic (exact) mass is 335 g/mol. The van der Waals surface area contributed by atoms with Crippen LogP contribution in [-0.2, 0) is 4.79 Å². The predicted molar refractivity (Wildman–Crippen MR) is 97.3 cm³/mol. The van der Waals surface area contributed by atoms with Crippen molar-refractivity contribution < 1.29 is 4.79 Å². The Labute approximate surface area is 147 Å². The molecule has 0 spiro atoms. The molecule has 1 aliphatic rings. The second-order valence-corrected chi connectivity index (χ2v) is 6.21. The first-order valence-electron chi connectivity index (χ1n) is 8.32. The second-order valence-electron chi connectivity index (χ2n) is 6.21. The first-order valence-corrected chi connectivity index (χ1v) is 8.32. The molecule has 6 nitrogen and oxygen atoms in total. The van der Waals surface area contributed by atoms with Gasteiger partial charge in [0.2, 0.25) is 5.91 Å². The highest BCUT2D eigenvalue weighted by Gasteiger charge is 2.26. The van der Waals surface area contributed by atoms with Gasteiger partial charge in [-0.15, -0.1) is 0 Å². The van der Waals surface area contributed by atoms with E-state index in [2.05, 4.69) is 10.3 Å². The van der Waals surface area contributed by atoms with Gasteiger partial charge in [0, 0.05) is 38.1 Å². The van der Waals surface area contributed by atoms with E-state index >= 15 is 0 Å². The molecule has 1 fully saturated rings. The summed E-state index contributed by atoms with van der Waals surface area (Å²) in [6.07, 6.45) is 2.46. The highest BCUT2D eigenvalue weighted by Crippen LogP contribution is 2.16. The molecule has 1 atom stereocenters. The van der Waals surface area contributed by atoms with E-state index in [0.29, 0.717) is 17.9 Å². The molecule has 0 radical (unpaired) electrons. The molecule has 25 heavy (non-hydrogen) atoms. The van der Waals surface area contributed by atoms with Crippen LogP contribution < -0.4 is 10.2 Å². The van der Waals surface area contributed by atoms with Crippen molar-refractivity contribution in [1.82, 2.24) is 9.88 Å². The van der Waals surface area contributed by atoms with Gasteiger partial charge in [-0.05, 0) is 30.7 Å². The van der Waals surface area contributed by atoms with Gasteiger partial charge in [-0.25, -0.2) is 4.98 Å². The number of carbonyl (C=O) groups excluding carboxylic acids is 1. The fourth-order valence-corrected chi connectivity index (χ4v) is 2.94. The van der Waals surface area contributed by atoms with Crippen molar-refractivity contribution in [1.29, 1.82) is 5.26 Å². The lowest BCUT2D eigenvalue weighted by atomic mass is 10.2. The average Bonchev–Trinajstić information content (AvgIpc) is 3.11. The van der Waals surface area contributed by atoms with Gasteiger partial charge < -0.3 is 15.1 Å². The lowest BCUT2D eigenvalue weighted by Crippen LogP contribution is -2.39. The summed E-state index contributed by atoms with van der Waals surface area (Å²) in [6.45, 7) is 1.75. The van der Waals surface area contributed by atoms with Crippen molar-refractivity contribution in [3.63, 3.8) is 0 Å². The summed E-state index contributed by atoms with van der Waals surface area (Å²) >= 11 is 0.